The van der Waals surface area contributed by atoms with Gasteiger partial charge in [-0.2, -0.15) is 0 Å². The van der Waals surface area contributed by atoms with Crippen LogP contribution in [-0.2, 0) is 9.53 Å². The predicted molar refractivity (Wildman–Crippen MR) is 73.4 cm³/mol. The first kappa shape index (κ1) is 16.9. The summed E-state index contributed by atoms with van der Waals surface area (Å²) in [6.07, 6.45) is 8.01. The van der Waals surface area contributed by atoms with Crippen LogP contribution in [0.5, 0.6) is 0 Å². The van der Waals surface area contributed by atoms with E-state index in [4.69, 9.17) is 10.5 Å². The Kier molecular flexibility index (Phi) is 12.4. The van der Waals surface area contributed by atoms with Crippen molar-refractivity contribution < 1.29 is 9.53 Å². The molecule has 0 aromatic rings. The van der Waals surface area contributed by atoms with Gasteiger partial charge in [0.25, 0.3) is 0 Å². The van der Waals surface area contributed by atoms with Crippen LogP contribution >= 0.6 is 0 Å². The van der Waals surface area contributed by atoms with Crippen LogP contribution in [0.25, 0.3) is 0 Å². The van der Waals surface area contributed by atoms with Crippen LogP contribution in [0.1, 0.15) is 51.9 Å². The Morgan fingerprint density at radius 2 is 1.88 bits per heavy atom. The van der Waals surface area contributed by atoms with Crippen LogP contribution in [-0.4, -0.2) is 33.6 Å². The second-order valence-corrected chi connectivity index (χ2v) is 6.39. The van der Waals surface area contributed by atoms with E-state index in [0.717, 1.165) is 24.6 Å². The number of esters is 1. The van der Waals surface area contributed by atoms with Gasteiger partial charge in [0, 0.05) is 0 Å². The van der Waals surface area contributed by atoms with E-state index in [1.54, 1.807) is 0 Å². The summed E-state index contributed by atoms with van der Waals surface area (Å²) in [5.41, 5.74) is 5.72. The average Bonchev–Trinajstić information content (AvgIpc) is 2.34. The fraction of sp³-hybridized carbons (Fsp3) is 0.923. The second kappa shape index (κ2) is 12.4. The van der Waals surface area contributed by atoms with Crippen LogP contribution in [0.3, 0.4) is 0 Å². The predicted octanol–water partition coefficient (Wildman–Crippen LogP) is 2.78. The van der Waals surface area contributed by atoms with E-state index in [1.165, 1.54) is 25.7 Å². The minimum absolute atomic E-state index is 0.220. The molecular formula is C13H27NO2Se. The Bertz CT molecular complexity index is 188. The molecule has 0 radical (unpaired) electrons. The summed E-state index contributed by atoms with van der Waals surface area (Å²) in [5, 5.41) is 1.06. The van der Waals surface area contributed by atoms with Crippen molar-refractivity contribution in [2.45, 2.75) is 69.1 Å². The normalized spacial score (nSPS) is 12.4. The van der Waals surface area contributed by atoms with E-state index in [1.807, 2.05) is 0 Å². The van der Waals surface area contributed by atoms with Crippen molar-refractivity contribution in [1.29, 1.82) is 0 Å². The maximum atomic E-state index is 11.4. The molecule has 4 heteroatoms. The first-order valence-electron chi connectivity index (χ1n) is 6.63. The summed E-state index contributed by atoms with van der Waals surface area (Å²) in [4.78, 5) is 11.4. The zero-order valence-corrected chi connectivity index (χ0v) is 13.0. The molecule has 0 aliphatic rings. The summed E-state index contributed by atoms with van der Waals surface area (Å²) in [7, 11) is 0. The van der Waals surface area contributed by atoms with Gasteiger partial charge in [0.05, 0.1) is 0 Å². The van der Waals surface area contributed by atoms with Gasteiger partial charge < -0.3 is 0 Å². The zero-order chi connectivity index (χ0) is 12.9. The fourth-order valence-electron chi connectivity index (χ4n) is 1.52. The summed E-state index contributed by atoms with van der Waals surface area (Å²) >= 11 is 0.594. The molecule has 0 saturated carbocycles. The Balaban J connectivity index is 3.32. The fourth-order valence-corrected chi connectivity index (χ4v) is 2.55. The summed E-state index contributed by atoms with van der Waals surface area (Å²) in [5.74, 6) is 1.93. The molecule has 0 rings (SSSR count). The quantitative estimate of drug-likeness (QED) is 0.363. The zero-order valence-electron chi connectivity index (χ0n) is 11.2. The molecule has 0 saturated heterocycles. The molecule has 2 N–H and O–H groups in total. The van der Waals surface area contributed by atoms with Crippen molar-refractivity contribution in [3.05, 3.63) is 0 Å². The van der Waals surface area contributed by atoms with E-state index in [-0.39, 0.29) is 5.97 Å². The number of unbranched alkanes of at least 4 members (excludes halogenated alkanes) is 5. The van der Waals surface area contributed by atoms with Gasteiger partial charge in [-0.15, -0.1) is 0 Å². The number of hydrogen-bond donors (Lipinski definition) is 1. The first-order chi connectivity index (χ1) is 8.22. The molecule has 0 heterocycles. The minimum atomic E-state index is -0.406. The third-order valence-electron chi connectivity index (χ3n) is 2.68. The molecule has 0 spiro atoms. The summed E-state index contributed by atoms with van der Waals surface area (Å²) in [6, 6.07) is -0.406. The molecule has 0 aliphatic carbocycles. The number of hydrogen-bond acceptors (Lipinski definition) is 3. The van der Waals surface area contributed by atoms with Gasteiger partial charge in [-0.3, -0.25) is 0 Å². The Hall–Kier alpha value is -0.0505. The number of carbonyl (C=O) groups is 1. The molecule has 0 bridgehead atoms. The van der Waals surface area contributed by atoms with E-state index in [2.05, 4.69) is 12.7 Å². The van der Waals surface area contributed by atoms with Gasteiger partial charge in [0.15, 0.2) is 0 Å². The molecule has 0 aromatic carbocycles. The molecular weight excluding hydrogens is 281 g/mol. The molecule has 0 aliphatic heterocycles. The molecule has 102 valence electrons. The number of carbonyl (C=O) groups excluding carboxylic acids is 1. The third kappa shape index (κ3) is 10.8. The van der Waals surface area contributed by atoms with Crippen LogP contribution in [0.4, 0.5) is 0 Å². The van der Waals surface area contributed by atoms with Gasteiger partial charge in [-0.25, -0.2) is 0 Å². The topological polar surface area (TPSA) is 52.3 Å². The number of rotatable bonds is 11. The van der Waals surface area contributed by atoms with Crippen LogP contribution < -0.4 is 5.73 Å². The van der Waals surface area contributed by atoms with Crippen molar-refractivity contribution in [3.63, 3.8) is 0 Å². The van der Waals surface area contributed by atoms with Gasteiger partial charge in [0.1, 0.15) is 0 Å². The van der Waals surface area contributed by atoms with Crippen molar-refractivity contribution in [2.24, 2.45) is 5.73 Å². The summed E-state index contributed by atoms with van der Waals surface area (Å²) < 4.78 is 5.15. The van der Waals surface area contributed by atoms with Crippen molar-refractivity contribution >= 4 is 20.9 Å². The molecule has 1 unspecified atom stereocenters. The number of nitrogens with two attached hydrogens (primary N) is 1. The van der Waals surface area contributed by atoms with Gasteiger partial charge in [0.2, 0.25) is 0 Å². The number of ether oxygens (including phenoxy) is 1. The monoisotopic (exact) mass is 309 g/mol. The molecule has 0 aromatic heterocycles. The second-order valence-electron chi connectivity index (χ2n) is 4.32. The average molecular weight is 308 g/mol. The van der Waals surface area contributed by atoms with E-state index in [9.17, 15) is 4.79 Å². The molecule has 3 nitrogen and oxygen atoms in total. The third-order valence-corrected chi connectivity index (χ3v) is 4.03. The van der Waals surface area contributed by atoms with Crippen molar-refractivity contribution in [3.8, 4) is 0 Å². The van der Waals surface area contributed by atoms with Gasteiger partial charge in [-0.05, 0) is 0 Å². The van der Waals surface area contributed by atoms with Crippen LogP contribution in [0.2, 0.25) is 11.1 Å². The maximum absolute atomic E-state index is 11.4. The van der Waals surface area contributed by atoms with E-state index in [0.29, 0.717) is 21.6 Å². The van der Waals surface area contributed by atoms with Crippen molar-refractivity contribution in [1.82, 2.24) is 0 Å². The Morgan fingerprint density at radius 1 is 1.24 bits per heavy atom. The van der Waals surface area contributed by atoms with Crippen molar-refractivity contribution in [2.75, 3.05) is 6.61 Å². The van der Waals surface area contributed by atoms with Crippen LogP contribution in [0, 0.1) is 0 Å². The Labute approximate surface area is 112 Å². The standard InChI is InChI=1S/C13H27NO2Se/c1-3-4-5-6-7-8-10-16-13(15)12(14)9-11-17-2/h12H,3-11,14H2,1-2H3. The Morgan fingerprint density at radius 3 is 2.53 bits per heavy atom. The van der Waals surface area contributed by atoms with Gasteiger partial charge in [-0.1, -0.05) is 6.92 Å². The molecule has 0 fully saturated rings. The SMILES string of the molecule is CCCCCCCCOC(=O)C(N)CC[Se]C. The van der Waals surface area contributed by atoms with Gasteiger partial charge >= 0.3 is 105 Å². The van der Waals surface area contributed by atoms with Crippen LogP contribution in [0.15, 0.2) is 0 Å². The first-order valence-corrected chi connectivity index (χ1v) is 9.56. The molecule has 1 atom stereocenters. The molecule has 0 amide bonds. The summed E-state index contributed by atoms with van der Waals surface area (Å²) in [6.45, 7) is 2.75. The molecule has 17 heavy (non-hydrogen) atoms. The van der Waals surface area contributed by atoms with E-state index >= 15 is 0 Å². The van der Waals surface area contributed by atoms with E-state index < -0.39 is 6.04 Å².